The predicted octanol–water partition coefficient (Wildman–Crippen LogP) is 7.41. The van der Waals surface area contributed by atoms with Crippen molar-refractivity contribution in [2.75, 3.05) is 7.11 Å². The highest BCUT2D eigenvalue weighted by Gasteiger charge is 2.29. The van der Waals surface area contributed by atoms with Crippen LogP contribution in [-0.4, -0.2) is 41.9 Å². The zero-order valence-electron chi connectivity index (χ0n) is 21.4. The second-order valence-electron chi connectivity index (χ2n) is 9.95. The van der Waals surface area contributed by atoms with Gasteiger partial charge in [0, 0.05) is 6.42 Å². The minimum Gasteiger partial charge on any atom is -0.469 e. The van der Waals surface area contributed by atoms with Gasteiger partial charge in [0.25, 0.3) is 0 Å². The molecule has 6 heteroatoms. The fourth-order valence-corrected chi connectivity index (χ4v) is 5.38. The highest BCUT2D eigenvalue weighted by atomic mass is 28.4. The smallest absolute Gasteiger partial charge is 0.305 e. The molecule has 0 aliphatic heterocycles. The first kappa shape index (κ1) is 30.0. The second-order valence-corrected chi connectivity index (χ2v) is 18.9. The van der Waals surface area contributed by atoms with Crippen molar-refractivity contribution < 1.29 is 18.4 Å². The summed E-state index contributed by atoms with van der Waals surface area (Å²) in [6.07, 6.45) is 21.1. The zero-order valence-corrected chi connectivity index (χ0v) is 23.4. The van der Waals surface area contributed by atoms with Crippen LogP contribution in [0.2, 0.25) is 39.3 Å². The Morgan fingerprint density at radius 1 is 0.806 bits per heavy atom. The Hall–Kier alpha value is -0.956. The molecule has 0 bridgehead atoms. The van der Waals surface area contributed by atoms with Crippen LogP contribution in [0.5, 0.6) is 0 Å². The van der Waals surface area contributed by atoms with E-state index in [1.54, 1.807) is 0 Å². The summed E-state index contributed by atoms with van der Waals surface area (Å²) in [6.45, 7) is 15.6. The Kier molecular flexibility index (Phi) is 16.1. The van der Waals surface area contributed by atoms with Crippen LogP contribution in [0.15, 0.2) is 36.5 Å². The molecule has 0 heterocycles. The Bertz CT molecular complexity index is 557. The Labute approximate surface area is 194 Å². The molecule has 2 atom stereocenters. The fourth-order valence-electron chi connectivity index (χ4n) is 3.12. The summed E-state index contributed by atoms with van der Waals surface area (Å²) < 4.78 is 17.5. The van der Waals surface area contributed by atoms with E-state index in [4.69, 9.17) is 8.85 Å². The molecule has 0 saturated heterocycles. The van der Waals surface area contributed by atoms with E-state index in [-0.39, 0.29) is 18.2 Å². The molecule has 0 saturated carbocycles. The summed E-state index contributed by atoms with van der Waals surface area (Å²) in [5, 5.41) is 0. The van der Waals surface area contributed by atoms with Gasteiger partial charge in [0.2, 0.25) is 0 Å². The van der Waals surface area contributed by atoms with E-state index in [9.17, 15) is 4.79 Å². The van der Waals surface area contributed by atoms with Crippen LogP contribution in [0, 0.1) is 0 Å². The van der Waals surface area contributed by atoms with E-state index >= 15 is 0 Å². The van der Waals surface area contributed by atoms with Crippen LogP contribution in [0.25, 0.3) is 0 Å². The lowest BCUT2D eigenvalue weighted by Gasteiger charge is -2.34. The molecule has 180 valence electrons. The standard InChI is InChI=1S/C25H48O4Si2/c1-9-23(28-30(3,4)5)24(29-31(6,7)8)21-19-17-15-13-11-10-12-14-16-18-20-22-25(26)27-2/h11,13,15,17,19,21,23-24H,9-10,12,14,16,18,20,22H2,1-8H3/b13-11+,17-15+,21-19+/t23-,24-/m0/s1. The van der Waals surface area contributed by atoms with Gasteiger partial charge in [-0.3, -0.25) is 4.79 Å². The van der Waals surface area contributed by atoms with Crippen LogP contribution in [0.1, 0.15) is 58.3 Å². The van der Waals surface area contributed by atoms with Gasteiger partial charge in [-0.2, -0.15) is 0 Å². The SMILES string of the molecule is CC[C@H](O[Si](C)(C)C)[C@H](/C=C/C=C/C=C/CCCCCCCC(=O)OC)O[Si](C)(C)C. The monoisotopic (exact) mass is 468 g/mol. The van der Waals surface area contributed by atoms with Crippen LogP contribution < -0.4 is 0 Å². The van der Waals surface area contributed by atoms with Crippen molar-refractivity contribution in [3.63, 3.8) is 0 Å². The number of carbonyl (C=O) groups excluding carboxylic acids is 1. The molecule has 0 radical (unpaired) electrons. The number of esters is 1. The number of methoxy groups -OCH3 is 1. The van der Waals surface area contributed by atoms with Crippen LogP contribution in [0.3, 0.4) is 0 Å². The number of allylic oxidation sites excluding steroid dienone is 5. The summed E-state index contributed by atoms with van der Waals surface area (Å²) in [5.41, 5.74) is 0. The van der Waals surface area contributed by atoms with E-state index in [1.165, 1.54) is 26.4 Å². The molecular formula is C25H48O4Si2. The maximum Gasteiger partial charge on any atom is 0.305 e. The second kappa shape index (κ2) is 16.6. The molecule has 4 nitrogen and oxygen atoms in total. The van der Waals surface area contributed by atoms with Crippen LogP contribution in [0.4, 0.5) is 0 Å². The van der Waals surface area contributed by atoms with Crippen molar-refractivity contribution in [2.45, 2.75) is 110 Å². The number of ether oxygens (including phenoxy) is 1. The minimum atomic E-state index is -1.66. The van der Waals surface area contributed by atoms with Crippen LogP contribution in [-0.2, 0) is 18.4 Å². The first-order chi connectivity index (χ1) is 14.5. The Morgan fingerprint density at radius 3 is 1.97 bits per heavy atom. The third-order valence-corrected chi connectivity index (χ3v) is 6.50. The van der Waals surface area contributed by atoms with Crippen molar-refractivity contribution in [3.8, 4) is 0 Å². The molecule has 0 aliphatic rings. The fraction of sp³-hybridized carbons (Fsp3) is 0.720. The van der Waals surface area contributed by atoms with Gasteiger partial charge >= 0.3 is 5.97 Å². The number of hydrogen-bond acceptors (Lipinski definition) is 4. The van der Waals surface area contributed by atoms with Crippen molar-refractivity contribution in [1.82, 2.24) is 0 Å². The molecule has 0 fully saturated rings. The van der Waals surface area contributed by atoms with Crippen molar-refractivity contribution in [1.29, 1.82) is 0 Å². The summed E-state index contributed by atoms with van der Waals surface area (Å²) in [6, 6.07) is 0. The molecule has 0 aliphatic carbocycles. The largest absolute Gasteiger partial charge is 0.469 e. The van der Waals surface area contributed by atoms with Gasteiger partial charge in [-0.05, 0) is 65.0 Å². The third-order valence-electron chi connectivity index (χ3n) is 4.51. The maximum atomic E-state index is 11.0. The van der Waals surface area contributed by atoms with E-state index in [0.29, 0.717) is 6.42 Å². The van der Waals surface area contributed by atoms with Crippen molar-refractivity contribution in [3.05, 3.63) is 36.5 Å². The van der Waals surface area contributed by atoms with Gasteiger partial charge in [0.05, 0.1) is 19.3 Å². The summed E-state index contributed by atoms with van der Waals surface area (Å²) >= 11 is 0. The molecule has 0 aromatic carbocycles. The summed E-state index contributed by atoms with van der Waals surface area (Å²) in [5.74, 6) is -0.101. The van der Waals surface area contributed by atoms with Crippen molar-refractivity contribution >= 4 is 22.6 Å². The lowest BCUT2D eigenvalue weighted by molar-refractivity contribution is -0.140. The van der Waals surface area contributed by atoms with Gasteiger partial charge in [0.15, 0.2) is 16.6 Å². The molecular weight excluding hydrogens is 420 g/mol. The third kappa shape index (κ3) is 19.5. The van der Waals surface area contributed by atoms with Gasteiger partial charge in [-0.1, -0.05) is 62.6 Å². The van der Waals surface area contributed by atoms with Gasteiger partial charge < -0.3 is 13.6 Å². The molecule has 31 heavy (non-hydrogen) atoms. The number of rotatable bonds is 17. The molecule has 0 amide bonds. The maximum absolute atomic E-state index is 11.0. The van der Waals surface area contributed by atoms with Crippen molar-refractivity contribution in [2.24, 2.45) is 0 Å². The molecule has 0 rings (SSSR count). The first-order valence-corrected chi connectivity index (χ1v) is 18.7. The van der Waals surface area contributed by atoms with E-state index in [1.807, 2.05) is 0 Å². The Morgan fingerprint density at radius 2 is 1.39 bits per heavy atom. The average Bonchev–Trinajstić information content (AvgIpc) is 2.66. The highest BCUT2D eigenvalue weighted by molar-refractivity contribution is 6.70. The molecule has 0 aromatic rings. The molecule has 0 aromatic heterocycles. The minimum absolute atomic E-state index is 0.0104. The van der Waals surface area contributed by atoms with E-state index in [0.717, 1.165) is 25.7 Å². The lowest BCUT2D eigenvalue weighted by Crippen LogP contribution is -2.43. The summed E-state index contributed by atoms with van der Waals surface area (Å²) in [4.78, 5) is 11.0. The highest BCUT2D eigenvalue weighted by Crippen LogP contribution is 2.20. The number of carbonyl (C=O) groups is 1. The van der Waals surface area contributed by atoms with Crippen LogP contribution >= 0.6 is 0 Å². The topological polar surface area (TPSA) is 44.8 Å². The zero-order chi connectivity index (χ0) is 23.8. The van der Waals surface area contributed by atoms with Gasteiger partial charge in [0.1, 0.15) is 0 Å². The lowest BCUT2D eigenvalue weighted by atomic mass is 10.1. The van der Waals surface area contributed by atoms with Gasteiger partial charge in [-0.15, -0.1) is 0 Å². The number of unbranched alkanes of at least 4 members (excludes halogenated alkanes) is 5. The Balaban J connectivity index is 4.35. The predicted molar refractivity (Wildman–Crippen MR) is 138 cm³/mol. The number of hydrogen-bond donors (Lipinski definition) is 0. The quantitative estimate of drug-likeness (QED) is 0.0964. The molecule has 0 N–H and O–H groups in total. The van der Waals surface area contributed by atoms with Gasteiger partial charge in [-0.25, -0.2) is 0 Å². The molecule has 0 spiro atoms. The van der Waals surface area contributed by atoms with E-state index in [2.05, 4.69) is 87.4 Å². The molecule has 0 unspecified atom stereocenters. The average molecular weight is 469 g/mol. The van der Waals surface area contributed by atoms with E-state index < -0.39 is 16.6 Å². The first-order valence-electron chi connectivity index (χ1n) is 11.9. The normalized spacial score (nSPS) is 15.2. The summed E-state index contributed by atoms with van der Waals surface area (Å²) in [7, 11) is -1.83.